The summed E-state index contributed by atoms with van der Waals surface area (Å²) in [4.78, 5) is 0. The van der Waals surface area contributed by atoms with Crippen molar-refractivity contribution in [3.05, 3.63) is 108 Å². The summed E-state index contributed by atoms with van der Waals surface area (Å²) in [7, 11) is 0. The molecule has 48 heavy (non-hydrogen) atoms. The molecular weight excluding hydrogens is 581 g/mol. The van der Waals surface area contributed by atoms with Crippen LogP contribution in [0.15, 0.2) is 91.0 Å². The van der Waals surface area contributed by atoms with E-state index in [0.717, 1.165) is 0 Å². The van der Waals surface area contributed by atoms with Crippen LogP contribution in [-0.2, 0) is 16.2 Å². The maximum absolute atomic E-state index is 2.55. The second-order valence-electron chi connectivity index (χ2n) is 17.5. The Bertz CT molecular complexity index is 2980. The highest BCUT2D eigenvalue weighted by molar-refractivity contribution is 6.34. The lowest BCUT2D eigenvalue weighted by Crippen LogP contribution is -2.11. The highest BCUT2D eigenvalue weighted by atomic mass is 14.9. The molecule has 2 nitrogen and oxygen atoms in total. The van der Waals surface area contributed by atoms with E-state index >= 15 is 0 Å². The molecule has 0 saturated heterocycles. The van der Waals surface area contributed by atoms with Crippen molar-refractivity contribution in [2.45, 2.75) is 78.6 Å². The van der Waals surface area contributed by atoms with Gasteiger partial charge in [-0.25, -0.2) is 0 Å². The molecule has 4 aromatic heterocycles. The first-order chi connectivity index (χ1) is 22.7. The Labute approximate surface area is 281 Å². The van der Waals surface area contributed by atoms with Gasteiger partial charge in [-0.15, -0.1) is 0 Å². The van der Waals surface area contributed by atoms with E-state index in [2.05, 4.69) is 162 Å². The molecule has 0 aliphatic heterocycles. The molecule has 4 heterocycles. The van der Waals surface area contributed by atoms with Crippen LogP contribution in [0.1, 0.15) is 79.0 Å². The van der Waals surface area contributed by atoms with E-state index in [4.69, 9.17) is 0 Å². The second-order valence-corrected chi connectivity index (χ2v) is 17.5. The summed E-state index contributed by atoms with van der Waals surface area (Å²) in [5, 5.41) is 13.5. The van der Waals surface area contributed by atoms with Crippen molar-refractivity contribution in [1.29, 1.82) is 0 Å². The zero-order valence-electron chi connectivity index (χ0n) is 29.6. The van der Waals surface area contributed by atoms with Crippen LogP contribution in [0.3, 0.4) is 0 Å². The minimum absolute atomic E-state index is 0.0302. The topological polar surface area (TPSA) is 8.82 Å². The number of rotatable bonds is 0. The van der Waals surface area contributed by atoms with Crippen molar-refractivity contribution < 1.29 is 0 Å². The number of nitrogens with zero attached hydrogens (tertiary/aromatic N) is 2. The highest BCUT2D eigenvalue weighted by Gasteiger charge is 2.26. The number of hydrogen-bond donors (Lipinski definition) is 0. The first kappa shape index (κ1) is 28.2. The van der Waals surface area contributed by atoms with Crippen molar-refractivity contribution in [2.24, 2.45) is 0 Å². The molecule has 10 aromatic rings. The normalized spacial score (nSPS) is 13.9. The van der Waals surface area contributed by atoms with Gasteiger partial charge in [-0.1, -0.05) is 105 Å². The van der Waals surface area contributed by atoms with Crippen molar-refractivity contribution >= 4 is 87.0 Å². The molecule has 0 aliphatic carbocycles. The summed E-state index contributed by atoms with van der Waals surface area (Å²) in [6.07, 6.45) is 0. The fourth-order valence-corrected chi connectivity index (χ4v) is 8.80. The minimum Gasteiger partial charge on any atom is -0.308 e. The molecule has 2 heteroatoms. The van der Waals surface area contributed by atoms with Gasteiger partial charge in [-0.05, 0) is 92.2 Å². The monoisotopic (exact) mass is 622 g/mol. The van der Waals surface area contributed by atoms with Gasteiger partial charge in [0.2, 0.25) is 0 Å². The van der Waals surface area contributed by atoms with Crippen molar-refractivity contribution in [3.8, 4) is 0 Å². The fourth-order valence-electron chi connectivity index (χ4n) is 8.80. The number of benzene rings is 6. The van der Waals surface area contributed by atoms with Crippen LogP contribution in [0.5, 0.6) is 0 Å². The van der Waals surface area contributed by atoms with E-state index in [1.807, 2.05) is 0 Å². The summed E-state index contributed by atoms with van der Waals surface area (Å²) < 4.78 is 5.07. The molecule has 0 N–H and O–H groups in total. The van der Waals surface area contributed by atoms with E-state index in [1.54, 1.807) is 0 Å². The Balaban J connectivity index is 1.37. The third-order valence-electron chi connectivity index (χ3n) is 11.4. The summed E-state index contributed by atoms with van der Waals surface area (Å²) in [5.74, 6) is 0. The van der Waals surface area contributed by atoms with Crippen LogP contribution < -0.4 is 0 Å². The SMILES string of the molecule is CC(C)(C)c1ccc2c(c1)c1cccc3c4c5ccc6c(c5ccc4n2c13)c1cc(C(C)(C)C)cc2c3cc(C(C)(C)C)ccc3n6c21. The molecule has 236 valence electrons. The standard InChI is InChI=1S/C46H42N2/c1-44(2,3)25-13-17-36-32(21-25)30-11-10-12-31-40-28-15-20-39-41(29(28)16-19-38(40)47(36)42(30)31)35-24-27(46(7,8)9)23-34-33-22-26(45(4,5)6)14-18-37(33)48(39)43(34)35/h10-24H,1-9H3. The fraction of sp³-hybridized carbons (Fsp3) is 0.261. The average molecular weight is 623 g/mol. The predicted molar refractivity (Wildman–Crippen MR) is 209 cm³/mol. The number of aromatic nitrogens is 2. The molecule has 0 atom stereocenters. The van der Waals surface area contributed by atoms with Crippen molar-refractivity contribution in [3.63, 3.8) is 0 Å². The van der Waals surface area contributed by atoms with Gasteiger partial charge < -0.3 is 8.80 Å². The molecule has 0 spiro atoms. The Kier molecular flexibility index (Phi) is 5.06. The Morgan fingerprint density at radius 3 is 1.29 bits per heavy atom. The molecule has 0 aliphatic rings. The van der Waals surface area contributed by atoms with Crippen LogP contribution in [0.25, 0.3) is 87.0 Å². The molecule has 0 unspecified atom stereocenters. The predicted octanol–water partition coefficient (Wildman–Crippen LogP) is 13.0. The van der Waals surface area contributed by atoms with Crippen molar-refractivity contribution in [2.75, 3.05) is 0 Å². The summed E-state index contributed by atoms with van der Waals surface area (Å²) >= 11 is 0. The molecule has 0 saturated carbocycles. The maximum atomic E-state index is 2.55. The molecule has 0 amide bonds. The Morgan fingerprint density at radius 2 is 0.750 bits per heavy atom. The minimum atomic E-state index is 0.0302. The van der Waals surface area contributed by atoms with Gasteiger partial charge in [0, 0.05) is 43.1 Å². The Hall–Kier alpha value is -4.82. The molecule has 0 radical (unpaired) electrons. The summed E-state index contributed by atoms with van der Waals surface area (Å²) in [5.41, 5.74) is 12.2. The number of hydrogen-bond acceptors (Lipinski definition) is 0. The Morgan fingerprint density at radius 1 is 0.333 bits per heavy atom. The van der Waals surface area contributed by atoms with Crippen LogP contribution in [0.4, 0.5) is 0 Å². The average Bonchev–Trinajstić information content (AvgIpc) is 3.75. The molecular formula is C46H42N2. The van der Waals surface area contributed by atoms with E-state index in [1.165, 1.54) is 104 Å². The number of para-hydroxylation sites is 1. The highest BCUT2D eigenvalue weighted by Crippen LogP contribution is 2.48. The van der Waals surface area contributed by atoms with Gasteiger partial charge in [0.05, 0.1) is 33.1 Å². The molecule has 0 fully saturated rings. The smallest absolute Gasteiger partial charge is 0.0620 e. The van der Waals surface area contributed by atoms with Gasteiger partial charge >= 0.3 is 0 Å². The first-order valence-corrected chi connectivity index (χ1v) is 17.5. The third-order valence-corrected chi connectivity index (χ3v) is 11.4. The van der Waals surface area contributed by atoms with E-state index < -0.39 is 0 Å². The van der Waals surface area contributed by atoms with E-state index in [-0.39, 0.29) is 16.2 Å². The largest absolute Gasteiger partial charge is 0.308 e. The quantitative estimate of drug-likeness (QED) is 0.159. The van der Waals surface area contributed by atoms with Gasteiger partial charge in [-0.2, -0.15) is 0 Å². The second kappa shape index (κ2) is 8.60. The van der Waals surface area contributed by atoms with Crippen LogP contribution >= 0.6 is 0 Å². The molecule has 6 aromatic carbocycles. The van der Waals surface area contributed by atoms with Crippen LogP contribution in [-0.4, -0.2) is 8.80 Å². The van der Waals surface area contributed by atoms with Gasteiger partial charge in [0.25, 0.3) is 0 Å². The molecule has 10 rings (SSSR count). The zero-order valence-corrected chi connectivity index (χ0v) is 29.6. The third kappa shape index (κ3) is 3.43. The summed E-state index contributed by atoms with van der Waals surface area (Å²) in [6, 6.07) is 35.7. The van der Waals surface area contributed by atoms with Crippen molar-refractivity contribution in [1.82, 2.24) is 8.80 Å². The van der Waals surface area contributed by atoms with E-state index in [0.29, 0.717) is 0 Å². The van der Waals surface area contributed by atoms with Gasteiger partial charge in [0.1, 0.15) is 0 Å². The van der Waals surface area contributed by atoms with Crippen LogP contribution in [0, 0.1) is 0 Å². The lowest BCUT2D eigenvalue weighted by Gasteiger charge is -2.20. The summed E-state index contributed by atoms with van der Waals surface area (Å²) in [6.45, 7) is 20.9. The van der Waals surface area contributed by atoms with E-state index in [9.17, 15) is 0 Å². The lowest BCUT2D eigenvalue weighted by molar-refractivity contribution is 0.590. The lowest BCUT2D eigenvalue weighted by atomic mass is 9.84. The first-order valence-electron chi connectivity index (χ1n) is 17.5. The van der Waals surface area contributed by atoms with Crippen LogP contribution in [0.2, 0.25) is 0 Å². The zero-order chi connectivity index (χ0) is 33.2. The molecule has 0 bridgehead atoms. The maximum Gasteiger partial charge on any atom is 0.0620 e. The number of fused-ring (bicyclic) bond motifs is 15. The van der Waals surface area contributed by atoms with Gasteiger partial charge in [0.15, 0.2) is 0 Å². The van der Waals surface area contributed by atoms with Gasteiger partial charge in [-0.3, -0.25) is 0 Å².